The summed E-state index contributed by atoms with van der Waals surface area (Å²) in [6.07, 6.45) is 0.509. The molecule has 0 aliphatic rings. The largest absolute Gasteiger partial charge is 0.497 e. The maximum atomic E-state index is 11.7. The fourth-order valence-electron chi connectivity index (χ4n) is 1.68. The van der Waals surface area contributed by atoms with Crippen molar-refractivity contribution in [2.45, 2.75) is 13.3 Å². The lowest BCUT2D eigenvalue weighted by Gasteiger charge is -2.03. The third kappa shape index (κ3) is 3.09. The van der Waals surface area contributed by atoms with Crippen molar-refractivity contribution in [2.75, 3.05) is 13.7 Å². The lowest BCUT2D eigenvalue weighted by atomic mass is 10.1. The fraction of sp³-hybridized carbons (Fsp3) is 0.308. The summed E-state index contributed by atoms with van der Waals surface area (Å²) >= 11 is 0. The first kappa shape index (κ1) is 13.1. The monoisotopic (exact) mass is 261 g/mol. The third-order valence-electron chi connectivity index (χ3n) is 2.62. The van der Waals surface area contributed by atoms with Gasteiger partial charge < -0.3 is 9.47 Å². The molecule has 2 rings (SSSR count). The molecule has 0 unspecified atom stereocenters. The number of methoxy groups -OCH3 is 1. The first-order chi connectivity index (χ1) is 9.24. The summed E-state index contributed by atoms with van der Waals surface area (Å²) in [5, 5.41) is 10.3. The summed E-state index contributed by atoms with van der Waals surface area (Å²) in [6, 6.07) is 7.56. The zero-order valence-corrected chi connectivity index (χ0v) is 10.8. The Morgan fingerprint density at radius 2 is 2.00 bits per heavy atom. The van der Waals surface area contributed by atoms with E-state index in [0.29, 0.717) is 18.7 Å². The summed E-state index contributed by atoms with van der Waals surface area (Å²) in [5.41, 5.74) is 1.82. The average molecular weight is 261 g/mol. The minimum Gasteiger partial charge on any atom is -0.497 e. The van der Waals surface area contributed by atoms with E-state index in [9.17, 15) is 4.79 Å². The van der Waals surface area contributed by atoms with Crippen molar-refractivity contribution >= 4 is 5.97 Å². The fourth-order valence-corrected chi connectivity index (χ4v) is 1.68. The van der Waals surface area contributed by atoms with E-state index in [1.54, 1.807) is 14.0 Å². The summed E-state index contributed by atoms with van der Waals surface area (Å²) in [5.74, 6) is 0.328. The van der Waals surface area contributed by atoms with Crippen LogP contribution in [-0.2, 0) is 11.2 Å². The second-order valence-corrected chi connectivity index (χ2v) is 3.86. The molecule has 0 spiro atoms. The van der Waals surface area contributed by atoms with Crippen LogP contribution >= 0.6 is 0 Å². The highest BCUT2D eigenvalue weighted by Crippen LogP contribution is 2.15. The standard InChI is InChI=1S/C13H15N3O3/c1-3-19-13(17)12-11(14-16-15-12)8-9-4-6-10(18-2)7-5-9/h4-7H,3,8H2,1-2H3,(H,14,15,16). The average Bonchev–Trinajstić information content (AvgIpc) is 2.88. The highest BCUT2D eigenvalue weighted by molar-refractivity contribution is 5.88. The van der Waals surface area contributed by atoms with E-state index in [2.05, 4.69) is 15.4 Å². The maximum Gasteiger partial charge on any atom is 0.360 e. The molecule has 0 atom stereocenters. The van der Waals surface area contributed by atoms with Gasteiger partial charge in [-0.05, 0) is 24.6 Å². The number of rotatable bonds is 5. The van der Waals surface area contributed by atoms with E-state index >= 15 is 0 Å². The van der Waals surface area contributed by atoms with Crippen LogP contribution in [0.2, 0.25) is 0 Å². The molecule has 6 nitrogen and oxygen atoms in total. The number of aromatic amines is 1. The van der Waals surface area contributed by atoms with Crippen LogP contribution in [-0.4, -0.2) is 35.1 Å². The SMILES string of the molecule is CCOC(=O)c1n[nH]nc1Cc1ccc(OC)cc1. The molecule has 0 radical (unpaired) electrons. The van der Waals surface area contributed by atoms with Crippen molar-refractivity contribution in [1.29, 1.82) is 0 Å². The van der Waals surface area contributed by atoms with E-state index in [-0.39, 0.29) is 5.69 Å². The Balaban J connectivity index is 2.14. The maximum absolute atomic E-state index is 11.7. The van der Waals surface area contributed by atoms with Crippen LogP contribution in [0.3, 0.4) is 0 Å². The molecular formula is C13H15N3O3. The highest BCUT2D eigenvalue weighted by Gasteiger charge is 2.17. The van der Waals surface area contributed by atoms with E-state index in [0.717, 1.165) is 11.3 Å². The molecule has 0 bridgehead atoms. The molecule has 0 aliphatic carbocycles. The Hall–Kier alpha value is -2.37. The van der Waals surface area contributed by atoms with Crippen molar-refractivity contribution in [3.05, 3.63) is 41.2 Å². The van der Waals surface area contributed by atoms with Gasteiger partial charge in [0.1, 0.15) is 11.4 Å². The summed E-state index contributed by atoms with van der Waals surface area (Å²) < 4.78 is 10.0. The smallest absolute Gasteiger partial charge is 0.360 e. The van der Waals surface area contributed by atoms with Gasteiger partial charge in [-0.1, -0.05) is 12.1 Å². The Labute approximate surface area is 110 Å². The zero-order chi connectivity index (χ0) is 13.7. The van der Waals surface area contributed by atoms with Gasteiger partial charge in [0.05, 0.1) is 13.7 Å². The molecule has 100 valence electrons. The molecule has 6 heteroatoms. The van der Waals surface area contributed by atoms with Crippen molar-refractivity contribution in [3.63, 3.8) is 0 Å². The molecule has 0 amide bonds. The topological polar surface area (TPSA) is 77.1 Å². The van der Waals surface area contributed by atoms with E-state index in [1.807, 2.05) is 24.3 Å². The lowest BCUT2D eigenvalue weighted by Crippen LogP contribution is -2.08. The van der Waals surface area contributed by atoms with Gasteiger partial charge >= 0.3 is 5.97 Å². The first-order valence-electron chi connectivity index (χ1n) is 5.94. The van der Waals surface area contributed by atoms with Gasteiger partial charge in [0.25, 0.3) is 0 Å². The number of hydrogen-bond donors (Lipinski definition) is 1. The Kier molecular flexibility index (Phi) is 4.12. The molecule has 1 heterocycles. The number of ether oxygens (including phenoxy) is 2. The van der Waals surface area contributed by atoms with Crippen LogP contribution in [0.5, 0.6) is 5.75 Å². The number of carbonyl (C=O) groups is 1. The number of nitrogens with one attached hydrogen (secondary N) is 1. The van der Waals surface area contributed by atoms with Gasteiger partial charge in [0, 0.05) is 6.42 Å². The molecule has 0 saturated heterocycles. The summed E-state index contributed by atoms with van der Waals surface area (Å²) in [4.78, 5) is 11.7. The zero-order valence-electron chi connectivity index (χ0n) is 10.8. The lowest BCUT2D eigenvalue weighted by molar-refractivity contribution is 0.0518. The van der Waals surface area contributed by atoms with Gasteiger partial charge in [0.15, 0.2) is 5.69 Å². The van der Waals surface area contributed by atoms with Crippen molar-refractivity contribution in [2.24, 2.45) is 0 Å². The van der Waals surface area contributed by atoms with Gasteiger partial charge in [-0.3, -0.25) is 0 Å². The quantitative estimate of drug-likeness (QED) is 0.827. The van der Waals surface area contributed by atoms with Gasteiger partial charge in [0.2, 0.25) is 0 Å². The molecule has 1 aromatic heterocycles. The molecule has 1 N–H and O–H groups in total. The number of nitrogens with zero attached hydrogens (tertiary/aromatic N) is 2. The Morgan fingerprint density at radius 3 is 2.63 bits per heavy atom. The minimum atomic E-state index is -0.459. The second-order valence-electron chi connectivity index (χ2n) is 3.86. The van der Waals surface area contributed by atoms with E-state index in [1.165, 1.54) is 0 Å². The predicted octanol–water partition coefficient (Wildman–Crippen LogP) is 1.58. The molecule has 0 fully saturated rings. The summed E-state index contributed by atoms with van der Waals surface area (Å²) in [7, 11) is 1.62. The van der Waals surface area contributed by atoms with Crippen LogP contribution in [0.4, 0.5) is 0 Å². The van der Waals surface area contributed by atoms with E-state index in [4.69, 9.17) is 9.47 Å². The van der Waals surface area contributed by atoms with Crippen molar-refractivity contribution in [1.82, 2.24) is 15.4 Å². The van der Waals surface area contributed by atoms with Crippen LogP contribution in [0.25, 0.3) is 0 Å². The van der Waals surface area contributed by atoms with Gasteiger partial charge in [-0.2, -0.15) is 10.3 Å². The van der Waals surface area contributed by atoms with Crippen LogP contribution < -0.4 is 4.74 Å². The molecule has 0 saturated carbocycles. The minimum absolute atomic E-state index is 0.234. The third-order valence-corrected chi connectivity index (χ3v) is 2.62. The molecule has 0 aliphatic heterocycles. The number of hydrogen-bond acceptors (Lipinski definition) is 5. The van der Waals surface area contributed by atoms with Gasteiger partial charge in [-0.25, -0.2) is 4.79 Å². The number of carbonyl (C=O) groups excluding carboxylic acids is 1. The number of benzene rings is 1. The number of esters is 1. The second kappa shape index (κ2) is 5.99. The van der Waals surface area contributed by atoms with Crippen LogP contribution in [0.1, 0.15) is 28.7 Å². The van der Waals surface area contributed by atoms with E-state index < -0.39 is 5.97 Å². The molecule has 19 heavy (non-hydrogen) atoms. The van der Waals surface area contributed by atoms with Crippen LogP contribution in [0.15, 0.2) is 24.3 Å². The molecule has 2 aromatic rings. The Morgan fingerprint density at radius 1 is 1.26 bits per heavy atom. The normalized spacial score (nSPS) is 10.2. The first-order valence-corrected chi connectivity index (χ1v) is 5.94. The highest BCUT2D eigenvalue weighted by atomic mass is 16.5. The molecular weight excluding hydrogens is 246 g/mol. The Bertz CT molecular complexity index is 549. The van der Waals surface area contributed by atoms with Gasteiger partial charge in [-0.15, -0.1) is 5.10 Å². The van der Waals surface area contributed by atoms with Crippen molar-refractivity contribution in [3.8, 4) is 5.75 Å². The molecule has 1 aromatic carbocycles. The predicted molar refractivity (Wildman–Crippen MR) is 68.1 cm³/mol. The van der Waals surface area contributed by atoms with Crippen LogP contribution in [0, 0.1) is 0 Å². The summed E-state index contributed by atoms with van der Waals surface area (Å²) in [6.45, 7) is 2.06. The number of H-pyrrole nitrogens is 1. The number of aromatic nitrogens is 3. The van der Waals surface area contributed by atoms with Crippen molar-refractivity contribution < 1.29 is 14.3 Å².